The number of hydrogen-bond donors (Lipinski definition) is 1. The number of rotatable bonds is 4. The van der Waals surface area contributed by atoms with Crippen LogP contribution in [0.15, 0.2) is 36.5 Å². The van der Waals surface area contributed by atoms with E-state index in [9.17, 15) is 14.7 Å². The van der Waals surface area contributed by atoms with Gasteiger partial charge >= 0.3 is 5.97 Å². The maximum absolute atomic E-state index is 11.5. The Morgan fingerprint density at radius 1 is 1.20 bits per heavy atom. The second-order valence-corrected chi connectivity index (χ2v) is 5.06. The normalized spacial score (nSPS) is 10.8. The Morgan fingerprint density at radius 2 is 1.85 bits per heavy atom. The zero-order chi connectivity index (χ0) is 14.9. The van der Waals surface area contributed by atoms with E-state index in [0.29, 0.717) is 5.56 Å². The summed E-state index contributed by atoms with van der Waals surface area (Å²) in [4.78, 5) is 22.9. The van der Waals surface area contributed by atoms with Gasteiger partial charge in [0.25, 0.3) is 0 Å². The number of aromatic nitrogens is 1. The Morgan fingerprint density at radius 3 is 2.40 bits per heavy atom. The minimum Gasteiger partial charge on any atom is -0.477 e. The fourth-order valence-corrected chi connectivity index (χ4v) is 2.21. The average molecular weight is 271 g/mol. The Kier molecular flexibility index (Phi) is 3.74. The first-order valence-corrected chi connectivity index (χ1v) is 6.47. The molecule has 1 aromatic heterocycles. The molecule has 0 amide bonds. The molecule has 0 radical (unpaired) electrons. The Bertz CT molecular complexity index is 668. The third kappa shape index (κ3) is 2.50. The number of aromatic carboxylic acids is 1. The number of nitrogens with zero attached hydrogens (tertiary/aromatic N) is 1. The van der Waals surface area contributed by atoms with Gasteiger partial charge in [0.1, 0.15) is 5.69 Å². The van der Waals surface area contributed by atoms with Crippen molar-refractivity contribution in [2.45, 2.75) is 26.7 Å². The maximum Gasteiger partial charge on any atom is 0.352 e. The van der Waals surface area contributed by atoms with Crippen LogP contribution in [0, 0.1) is 0 Å². The van der Waals surface area contributed by atoms with Crippen LogP contribution < -0.4 is 0 Å². The molecule has 20 heavy (non-hydrogen) atoms. The molecule has 1 N–H and O–H groups in total. The summed E-state index contributed by atoms with van der Waals surface area (Å²) in [6, 6.07) is 9.04. The molecule has 0 atom stereocenters. The maximum atomic E-state index is 11.5. The number of para-hydroxylation sites is 1. The molecule has 0 aliphatic rings. The Hall–Kier alpha value is -2.36. The number of benzene rings is 1. The molecule has 0 aliphatic carbocycles. The molecule has 0 bridgehead atoms. The lowest BCUT2D eigenvalue weighted by molar-refractivity contribution is 0.0688. The summed E-state index contributed by atoms with van der Waals surface area (Å²) in [5.41, 5.74) is 2.34. The Balaban J connectivity index is 2.69. The minimum absolute atomic E-state index is 0.100. The van der Waals surface area contributed by atoms with E-state index in [1.54, 1.807) is 10.8 Å². The van der Waals surface area contributed by atoms with Crippen LogP contribution in [0.3, 0.4) is 0 Å². The van der Waals surface area contributed by atoms with Crippen LogP contribution in [-0.4, -0.2) is 21.4 Å². The van der Waals surface area contributed by atoms with E-state index in [1.165, 1.54) is 13.0 Å². The van der Waals surface area contributed by atoms with Crippen LogP contribution in [0.2, 0.25) is 0 Å². The summed E-state index contributed by atoms with van der Waals surface area (Å²) in [7, 11) is 0. The molecule has 1 aromatic carbocycles. The van der Waals surface area contributed by atoms with Crippen molar-refractivity contribution in [1.82, 2.24) is 4.57 Å². The van der Waals surface area contributed by atoms with Crippen LogP contribution in [0.1, 0.15) is 53.1 Å². The summed E-state index contributed by atoms with van der Waals surface area (Å²) in [5, 5.41) is 9.32. The fourth-order valence-electron chi connectivity index (χ4n) is 2.21. The molecular formula is C16H17NO3. The standard InChI is InChI=1S/C16H17NO3/c1-10(2)13-6-4-5-7-14(13)17-9-12(11(3)18)8-15(17)16(19)20/h4-10H,1-3H3,(H,19,20). The number of Topliss-reactive ketones (excluding diaryl/α,β-unsaturated/α-hetero) is 1. The van der Waals surface area contributed by atoms with Crippen molar-refractivity contribution in [2.75, 3.05) is 0 Å². The number of hydrogen-bond acceptors (Lipinski definition) is 2. The first-order chi connectivity index (χ1) is 9.41. The van der Waals surface area contributed by atoms with Crippen molar-refractivity contribution in [3.05, 3.63) is 53.3 Å². The molecular weight excluding hydrogens is 254 g/mol. The van der Waals surface area contributed by atoms with Crippen LogP contribution in [0.4, 0.5) is 0 Å². The van der Waals surface area contributed by atoms with Crippen LogP contribution >= 0.6 is 0 Å². The molecule has 104 valence electrons. The predicted octanol–water partition coefficient (Wildman–Crippen LogP) is 3.50. The average Bonchev–Trinajstić information content (AvgIpc) is 2.83. The first kappa shape index (κ1) is 14.1. The van der Waals surface area contributed by atoms with Crippen molar-refractivity contribution >= 4 is 11.8 Å². The van der Waals surface area contributed by atoms with Crippen LogP contribution in [-0.2, 0) is 0 Å². The first-order valence-electron chi connectivity index (χ1n) is 6.47. The molecule has 1 heterocycles. The van der Waals surface area contributed by atoms with Crippen LogP contribution in [0.25, 0.3) is 5.69 Å². The molecule has 4 nitrogen and oxygen atoms in total. The molecule has 0 saturated heterocycles. The van der Waals surface area contributed by atoms with Gasteiger partial charge < -0.3 is 9.67 Å². The number of ketones is 1. The predicted molar refractivity (Wildman–Crippen MR) is 76.8 cm³/mol. The third-order valence-electron chi connectivity index (χ3n) is 3.26. The highest BCUT2D eigenvalue weighted by atomic mass is 16.4. The summed E-state index contributed by atoms with van der Waals surface area (Å²) in [6.45, 7) is 5.53. The van der Waals surface area contributed by atoms with Crippen molar-refractivity contribution in [3.63, 3.8) is 0 Å². The smallest absolute Gasteiger partial charge is 0.352 e. The van der Waals surface area contributed by atoms with Gasteiger partial charge in [-0.05, 0) is 30.5 Å². The molecule has 0 fully saturated rings. The minimum atomic E-state index is -1.05. The highest BCUT2D eigenvalue weighted by molar-refractivity contribution is 5.97. The van der Waals surface area contributed by atoms with Gasteiger partial charge in [-0.2, -0.15) is 0 Å². The van der Waals surface area contributed by atoms with E-state index in [1.807, 2.05) is 24.3 Å². The van der Waals surface area contributed by atoms with Crippen molar-refractivity contribution < 1.29 is 14.7 Å². The van der Waals surface area contributed by atoms with Crippen molar-refractivity contribution in [2.24, 2.45) is 0 Å². The highest BCUT2D eigenvalue weighted by Crippen LogP contribution is 2.25. The lowest BCUT2D eigenvalue weighted by atomic mass is 10.0. The summed E-state index contributed by atoms with van der Waals surface area (Å²) in [6.07, 6.45) is 1.59. The van der Waals surface area contributed by atoms with Gasteiger partial charge in [-0.3, -0.25) is 4.79 Å². The largest absolute Gasteiger partial charge is 0.477 e. The van der Waals surface area contributed by atoms with Gasteiger partial charge in [0.15, 0.2) is 5.78 Å². The summed E-state index contributed by atoms with van der Waals surface area (Å²) in [5.74, 6) is -0.930. The molecule has 2 aromatic rings. The summed E-state index contributed by atoms with van der Waals surface area (Å²) < 4.78 is 1.58. The van der Waals surface area contributed by atoms with E-state index >= 15 is 0 Å². The van der Waals surface area contributed by atoms with Gasteiger partial charge in [-0.15, -0.1) is 0 Å². The van der Waals surface area contributed by atoms with Gasteiger partial charge in [0.05, 0.1) is 0 Å². The van der Waals surface area contributed by atoms with Gasteiger partial charge in [0.2, 0.25) is 0 Å². The number of carboxylic acids is 1. The SMILES string of the molecule is CC(=O)c1cc(C(=O)O)n(-c2ccccc2C(C)C)c1. The van der Waals surface area contributed by atoms with E-state index in [-0.39, 0.29) is 17.4 Å². The molecule has 4 heteroatoms. The van der Waals surface area contributed by atoms with E-state index in [2.05, 4.69) is 13.8 Å². The topological polar surface area (TPSA) is 59.3 Å². The molecule has 2 rings (SSSR count). The van der Waals surface area contributed by atoms with E-state index in [4.69, 9.17) is 0 Å². The lowest BCUT2D eigenvalue weighted by Crippen LogP contribution is -2.08. The zero-order valence-corrected chi connectivity index (χ0v) is 11.8. The van der Waals surface area contributed by atoms with Crippen LogP contribution in [0.5, 0.6) is 0 Å². The van der Waals surface area contributed by atoms with E-state index < -0.39 is 5.97 Å². The van der Waals surface area contributed by atoms with Gasteiger partial charge in [0, 0.05) is 17.4 Å². The third-order valence-corrected chi connectivity index (χ3v) is 3.26. The molecule has 0 aliphatic heterocycles. The van der Waals surface area contributed by atoms with Crippen molar-refractivity contribution in [1.29, 1.82) is 0 Å². The Labute approximate surface area is 117 Å². The quantitative estimate of drug-likeness (QED) is 0.866. The fraction of sp³-hybridized carbons (Fsp3) is 0.250. The molecule has 0 saturated carbocycles. The zero-order valence-electron chi connectivity index (χ0n) is 11.8. The van der Waals surface area contributed by atoms with Gasteiger partial charge in [-0.1, -0.05) is 32.0 Å². The van der Waals surface area contributed by atoms with Crippen molar-refractivity contribution in [3.8, 4) is 5.69 Å². The number of carbonyl (C=O) groups is 2. The van der Waals surface area contributed by atoms with Gasteiger partial charge in [-0.25, -0.2) is 4.79 Å². The number of carboxylic acid groups (broad SMARTS) is 1. The summed E-state index contributed by atoms with van der Waals surface area (Å²) >= 11 is 0. The molecule has 0 unspecified atom stereocenters. The highest BCUT2D eigenvalue weighted by Gasteiger charge is 2.18. The monoisotopic (exact) mass is 271 g/mol. The lowest BCUT2D eigenvalue weighted by Gasteiger charge is -2.14. The second-order valence-electron chi connectivity index (χ2n) is 5.06. The number of carbonyl (C=O) groups excluding carboxylic acids is 1. The van der Waals surface area contributed by atoms with E-state index in [0.717, 1.165) is 11.3 Å². The molecule has 0 spiro atoms. The second kappa shape index (κ2) is 5.33.